The largest absolute Gasteiger partial charge is 0.445 e. The number of carbonyl (C=O) groups is 2. The molecule has 2 amide bonds. The van der Waals surface area contributed by atoms with Crippen LogP contribution in [0.25, 0.3) is 0 Å². The lowest BCUT2D eigenvalue weighted by molar-refractivity contribution is -0.133. The molecule has 0 aromatic heterocycles. The van der Waals surface area contributed by atoms with Crippen LogP contribution in [0, 0.1) is 0 Å². The molecule has 0 bridgehead atoms. The number of rotatable bonds is 3. The highest BCUT2D eigenvalue weighted by Crippen LogP contribution is 2.20. The minimum Gasteiger partial charge on any atom is -0.445 e. The molecule has 1 unspecified atom stereocenters. The van der Waals surface area contributed by atoms with Gasteiger partial charge in [-0.3, -0.25) is 9.69 Å². The monoisotopic (exact) mass is 276 g/mol. The number of hydrogen-bond acceptors (Lipinski definition) is 3. The Kier molecular flexibility index (Phi) is 4.61. The summed E-state index contributed by atoms with van der Waals surface area (Å²) in [5.41, 5.74) is 0.940. The second-order valence-electron chi connectivity index (χ2n) is 5.12. The molecule has 1 atom stereocenters. The van der Waals surface area contributed by atoms with E-state index in [2.05, 4.69) is 0 Å². The summed E-state index contributed by atoms with van der Waals surface area (Å²) >= 11 is 0. The van der Waals surface area contributed by atoms with Gasteiger partial charge in [0, 0.05) is 20.6 Å². The number of ether oxygens (including phenoxy) is 1. The first-order valence-corrected chi connectivity index (χ1v) is 6.78. The molecule has 108 valence electrons. The molecule has 1 saturated heterocycles. The highest BCUT2D eigenvalue weighted by molar-refractivity contribution is 5.85. The fourth-order valence-corrected chi connectivity index (χ4v) is 2.34. The molecule has 1 aliphatic heterocycles. The Morgan fingerprint density at radius 1 is 1.30 bits per heavy atom. The molecule has 0 radical (unpaired) electrons. The fraction of sp³-hybridized carbons (Fsp3) is 0.467. The number of amides is 2. The van der Waals surface area contributed by atoms with Gasteiger partial charge in [-0.2, -0.15) is 0 Å². The standard InChI is InChI=1S/C15H20N2O3/c1-16(2)14(18)13-9-6-10-17(13)15(19)20-11-12-7-4-3-5-8-12/h3-5,7-8,13H,6,9-11H2,1-2H3. The first-order valence-electron chi connectivity index (χ1n) is 6.78. The van der Waals surface area contributed by atoms with E-state index < -0.39 is 6.09 Å². The lowest BCUT2D eigenvalue weighted by Gasteiger charge is -2.25. The van der Waals surface area contributed by atoms with Crippen molar-refractivity contribution in [3.05, 3.63) is 35.9 Å². The normalized spacial score (nSPS) is 17.9. The molecule has 0 saturated carbocycles. The second-order valence-corrected chi connectivity index (χ2v) is 5.12. The molecule has 1 fully saturated rings. The van der Waals surface area contributed by atoms with Gasteiger partial charge in [-0.15, -0.1) is 0 Å². The van der Waals surface area contributed by atoms with Crippen LogP contribution in [0.2, 0.25) is 0 Å². The first kappa shape index (κ1) is 14.4. The summed E-state index contributed by atoms with van der Waals surface area (Å²) in [5, 5.41) is 0. The molecular weight excluding hydrogens is 256 g/mol. The Morgan fingerprint density at radius 2 is 2.00 bits per heavy atom. The van der Waals surface area contributed by atoms with E-state index in [-0.39, 0.29) is 18.6 Å². The van der Waals surface area contributed by atoms with Crippen molar-refractivity contribution in [2.75, 3.05) is 20.6 Å². The van der Waals surface area contributed by atoms with Crippen molar-refractivity contribution in [2.45, 2.75) is 25.5 Å². The van der Waals surface area contributed by atoms with Gasteiger partial charge in [0.1, 0.15) is 12.6 Å². The van der Waals surface area contributed by atoms with Gasteiger partial charge < -0.3 is 9.64 Å². The van der Waals surface area contributed by atoms with Crippen LogP contribution in [0.4, 0.5) is 4.79 Å². The summed E-state index contributed by atoms with van der Waals surface area (Å²) < 4.78 is 5.29. The van der Waals surface area contributed by atoms with Gasteiger partial charge in [0.25, 0.3) is 0 Å². The third kappa shape index (κ3) is 3.29. The van der Waals surface area contributed by atoms with E-state index in [0.29, 0.717) is 13.0 Å². The zero-order valence-corrected chi connectivity index (χ0v) is 11.9. The maximum atomic E-state index is 12.1. The van der Waals surface area contributed by atoms with Gasteiger partial charge in [0.2, 0.25) is 5.91 Å². The minimum absolute atomic E-state index is 0.0424. The molecule has 2 rings (SSSR count). The van der Waals surface area contributed by atoms with Crippen LogP contribution in [-0.4, -0.2) is 48.5 Å². The van der Waals surface area contributed by atoms with E-state index in [1.54, 1.807) is 14.1 Å². The summed E-state index contributed by atoms with van der Waals surface area (Å²) in [7, 11) is 3.41. The minimum atomic E-state index is -0.411. The highest BCUT2D eigenvalue weighted by atomic mass is 16.6. The van der Waals surface area contributed by atoms with Crippen LogP contribution in [-0.2, 0) is 16.1 Å². The Balaban J connectivity index is 1.93. The third-order valence-electron chi connectivity index (χ3n) is 3.42. The predicted octanol–water partition coefficient (Wildman–Crippen LogP) is 1.88. The Labute approximate surface area is 119 Å². The SMILES string of the molecule is CN(C)C(=O)C1CCCN1C(=O)OCc1ccccc1. The van der Waals surface area contributed by atoms with Gasteiger partial charge in [0.15, 0.2) is 0 Å². The van der Waals surface area contributed by atoms with Crippen LogP contribution in [0.1, 0.15) is 18.4 Å². The number of likely N-dealkylation sites (N-methyl/N-ethyl adjacent to an activating group) is 1. The number of likely N-dealkylation sites (tertiary alicyclic amines) is 1. The molecule has 0 N–H and O–H groups in total. The first-order chi connectivity index (χ1) is 9.59. The van der Waals surface area contributed by atoms with Gasteiger partial charge in [-0.1, -0.05) is 30.3 Å². The van der Waals surface area contributed by atoms with Crippen molar-refractivity contribution in [1.82, 2.24) is 9.80 Å². The van der Waals surface area contributed by atoms with Crippen molar-refractivity contribution in [3.8, 4) is 0 Å². The molecule has 20 heavy (non-hydrogen) atoms. The topological polar surface area (TPSA) is 49.9 Å². The summed E-state index contributed by atoms with van der Waals surface area (Å²) in [6, 6.07) is 9.14. The molecular formula is C15H20N2O3. The lowest BCUT2D eigenvalue weighted by atomic mass is 10.2. The molecule has 5 nitrogen and oxygen atoms in total. The van der Waals surface area contributed by atoms with Crippen LogP contribution in [0.3, 0.4) is 0 Å². The molecule has 1 aliphatic rings. The average molecular weight is 276 g/mol. The van der Waals surface area contributed by atoms with Crippen molar-refractivity contribution in [2.24, 2.45) is 0 Å². The van der Waals surface area contributed by atoms with Crippen molar-refractivity contribution < 1.29 is 14.3 Å². The van der Waals surface area contributed by atoms with E-state index >= 15 is 0 Å². The zero-order valence-electron chi connectivity index (χ0n) is 11.9. The highest BCUT2D eigenvalue weighted by Gasteiger charge is 2.35. The quantitative estimate of drug-likeness (QED) is 0.847. The summed E-state index contributed by atoms with van der Waals surface area (Å²) in [6.07, 6.45) is 1.13. The van der Waals surface area contributed by atoms with E-state index in [0.717, 1.165) is 12.0 Å². The van der Waals surface area contributed by atoms with E-state index in [9.17, 15) is 9.59 Å². The van der Waals surface area contributed by atoms with Crippen LogP contribution in [0.15, 0.2) is 30.3 Å². The third-order valence-corrected chi connectivity index (χ3v) is 3.42. The van der Waals surface area contributed by atoms with Crippen molar-refractivity contribution >= 4 is 12.0 Å². The number of hydrogen-bond donors (Lipinski definition) is 0. The summed E-state index contributed by atoms with van der Waals surface area (Å²) in [4.78, 5) is 27.2. The van der Waals surface area contributed by atoms with E-state index in [1.807, 2.05) is 30.3 Å². The maximum Gasteiger partial charge on any atom is 0.410 e. The van der Waals surface area contributed by atoms with Crippen LogP contribution in [0.5, 0.6) is 0 Å². The van der Waals surface area contributed by atoms with Crippen LogP contribution < -0.4 is 0 Å². The number of benzene rings is 1. The molecule has 0 spiro atoms. The molecule has 5 heteroatoms. The Bertz CT molecular complexity index is 473. The molecule has 1 heterocycles. The van der Waals surface area contributed by atoms with Crippen LogP contribution >= 0.6 is 0 Å². The van der Waals surface area contributed by atoms with Crippen molar-refractivity contribution in [1.29, 1.82) is 0 Å². The number of carbonyl (C=O) groups excluding carboxylic acids is 2. The lowest BCUT2D eigenvalue weighted by Crippen LogP contribution is -2.45. The van der Waals surface area contributed by atoms with Gasteiger partial charge in [0.05, 0.1) is 0 Å². The molecule has 0 aliphatic carbocycles. The average Bonchev–Trinajstić information content (AvgIpc) is 2.94. The number of nitrogens with zero attached hydrogens (tertiary/aromatic N) is 2. The predicted molar refractivity (Wildman–Crippen MR) is 75.0 cm³/mol. The smallest absolute Gasteiger partial charge is 0.410 e. The van der Waals surface area contributed by atoms with Crippen molar-refractivity contribution in [3.63, 3.8) is 0 Å². The van der Waals surface area contributed by atoms with Gasteiger partial charge in [-0.05, 0) is 18.4 Å². The summed E-state index contributed by atoms with van der Waals surface area (Å²) in [6.45, 7) is 0.816. The summed E-state index contributed by atoms with van der Waals surface area (Å²) in [5.74, 6) is -0.0424. The zero-order chi connectivity index (χ0) is 14.5. The van der Waals surface area contributed by atoms with Gasteiger partial charge >= 0.3 is 6.09 Å². The van der Waals surface area contributed by atoms with Gasteiger partial charge in [-0.25, -0.2) is 4.79 Å². The molecule has 1 aromatic carbocycles. The fourth-order valence-electron chi connectivity index (χ4n) is 2.34. The molecule has 1 aromatic rings. The van der Waals surface area contributed by atoms with E-state index in [4.69, 9.17) is 4.74 Å². The second kappa shape index (κ2) is 6.41. The Hall–Kier alpha value is -2.04. The van der Waals surface area contributed by atoms with E-state index in [1.165, 1.54) is 9.80 Å². The maximum absolute atomic E-state index is 12.1. The Morgan fingerprint density at radius 3 is 2.65 bits per heavy atom.